The Morgan fingerprint density at radius 3 is 2.63 bits per heavy atom. The maximum Gasteiger partial charge on any atom is 0.417 e. The van der Waals surface area contributed by atoms with Gasteiger partial charge in [0.05, 0.1) is 17.0 Å². The molecule has 1 aliphatic rings. The molecule has 6 nitrogen and oxygen atoms in total. The third-order valence-corrected chi connectivity index (χ3v) is 4.34. The van der Waals surface area contributed by atoms with E-state index in [9.17, 15) is 18.0 Å². The van der Waals surface area contributed by atoms with Crippen LogP contribution in [0.2, 0.25) is 0 Å². The molecule has 0 bridgehead atoms. The van der Waals surface area contributed by atoms with Crippen molar-refractivity contribution in [2.45, 2.75) is 12.1 Å². The number of likely N-dealkylation sites (tertiary alicyclic amines) is 1. The monoisotopic (exact) mass is 374 g/mol. The van der Waals surface area contributed by atoms with Gasteiger partial charge >= 0.3 is 6.18 Å². The first-order chi connectivity index (χ1) is 12.9. The predicted molar refractivity (Wildman–Crippen MR) is 87.6 cm³/mol. The largest absolute Gasteiger partial charge is 0.417 e. The number of nitrogens with zero attached hydrogens (tertiary/aromatic N) is 4. The standard InChI is InChI=1S/C18H13F3N4O2/c19-18(20,21)14-6-2-1-5-13(14)17(26)25-9-12(10-25)16-23-15(24-27-16)11-4-3-7-22-8-11/h1-8,12H,9-10H2. The highest BCUT2D eigenvalue weighted by molar-refractivity contribution is 5.96. The van der Waals surface area contributed by atoms with Crippen LogP contribution in [-0.4, -0.2) is 39.0 Å². The van der Waals surface area contributed by atoms with Crippen LogP contribution in [0, 0.1) is 0 Å². The van der Waals surface area contributed by atoms with E-state index < -0.39 is 17.6 Å². The Morgan fingerprint density at radius 1 is 1.15 bits per heavy atom. The Morgan fingerprint density at radius 2 is 1.93 bits per heavy atom. The number of halogens is 3. The number of carbonyl (C=O) groups excluding carboxylic acids is 1. The molecule has 1 saturated heterocycles. The van der Waals surface area contributed by atoms with Crippen molar-refractivity contribution >= 4 is 5.91 Å². The van der Waals surface area contributed by atoms with Crippen molar-refractivity contribution in [2.24, 2.45) is 0 Å². The summed E-state index contributed by atoms with van der Waals surface area (Å²) in [5.41, 5.74) is -0.598. The summed E-state index contributed by atoms with van der Waals surface area (Å²) in [5.74, 6) is -0.136. The number of amides is 1. The molecule has 3 heterocycles. The highest BCUT2D eigenvalue weighted by Gasteiger charge is 2.40. The van der Waals surface area contributed by atoms with E-state index in [0.29, 0.717) is 17.3 Å². The van der Waals surface area contributed by atoms with Gasteiger partial charge in [-0.1, -0.05) is 17.3 Å². The molecule has 3 aromatic rings. The molecule has 9 heteroatoms. The van der Waals surface area contributed by atoms with Gasteiger partial charge in [-0.2, -0.15) is 18.2 Å². The fraction of sp³-hybridized carbons (Fsp3) is 0.222. The molecule has 0 N–H and O–H groups in total. The Bertz CT molecular complexity index is 966. The molecule has 138 valence electrons. The summed E-state index contributed by atoms with van der Waals surface area (Å²) < 4.78 is 44.5. The molecule has 1 fully saturated rings. The van der Waals surface area contributed by atoms with Gasteiger partial charge in [-0.3, -0.25) is 9.78 Å². The highest BCUT2D eigenvalue weighted by atomic mass is 19.4. The summed E-state index contributed by atoms with van der Waals surface area (Å²) in [5, 5.41) is 3.89. The zero-order chi connectivity index (χ0) is 19.0. The van der Waals surface area contributed by atoms with Gasteiger partial charge in [-0.05, 0) is 24.3 Å². The number of benzene rings is 1. The molecule has 27 heavy (non-hydrogen) atoms. The lowest BCUT2D eigenvalue weighted by Gasteiger charge is -2.37. The van der Waals surface area contributed by atoms with Crippen molar-refractivity contribution in [1.29, 1.82) is 0 Å². The minimum Gasteiger partial charge on any atom is -0.339 e. The lowest BCUT2D eigenvalue weighted by Crippen LogP contribution is -2.49. The van der Waals surface area contributed by atoms with Crippen LogP contribution < -0.4 is 0 Å². The first kappa shape index (κ1) is 17.2. The third kappa shape index (κ3) is 3.27. The van der Waals surface area contributed by atoms with Crippen LogP contribution in [0.15, 0.2) is 53.3 Å². The summed E-state index contributed by atoms with van der Waals surface area (Å²) in [6.45, 7) is 0.444. The van der Waals surface area contributed by atoms with Crippen LogP contribution in [0.25, 0.3) is 11.4 Å². The average Bonchev–Trinajstić information content (AvgIpc) is 3.10. The number of hydrogen-bond donors (Lipinski definition) is 0. The van der Waals surface area contributed by atoms with E-state index in [0.717, 1.165) is 6.07 Å². The number of aromatic nitrogens is 3. The van der Waals surface area contributed by atoms with E-state index in [2.05, 4.69) is 15.1 Å². The predicted octanol–water partition coefficient (Wildman–Crippen LogP) is 3.39. The molecule has 4 rings (SSSR count). The average molecular weight is 374 g/mol. The second-order valence-electron chi connectivity index (χ2n) is 6.15. The molecule has 2 aromatic heterocycles. The topological polar surface area (TPSA) is 72.1 Å². The van der Waals surface area contributed by atoms with Crippen LogP contribution in [0.3, 0.4) is 0 Å². The number of carbonyl (C=O) groups is 1. The summed E-state index contributed by atoms with van der Waals surface area (Å²) in [6, 6.07) is 8.29. The van der Waals surface area contributed by atoms with E-state index in [4.69, 9.17) is 4.52 Å². The van der Waals surface area contributed by atoms with Crippen molar-refractivity contribution in [3.63, 3.8) is 0 Å². The fourth-order valence-corrected chi connectivity index (χ4v) is 2.90. The maximum atomic E-state index is 13.1. The van der Waals surface area contributed by atoms with Crippen LogP contribution in [0.4, 0.5) is 13.2 Å². The number of alkyl halides is 3. The van der Waals surface area contributed by atoms with Crippen LogP contribution in [-0.2, 0) is 6.18 Å². The van der Waals surface area contributed by atoms with Gasteiger partial charge < -0.3 is 9.42 Å². The van der Waals surface area contributed by atoms with Gasteiger partial charge in [0.25, 0.3) is 5.91 Å². The Hall–Kier alpha value is -3.23. The van der Waals surface area contributed by atoms with Gasteiger partial charge in [-0.25, -0.2) is 0 Å². The lowest BCUT2D eigenvalue weighted by atomic mass is 9.97. The van der Waals surface area contributed by atoms with E-state index in [1.165, 1.54) is 23.1 Å². The molecule has 0 spiro atoms. The Balaban J connectivity index is 1.46. The Kier molecular flexibility index (Phi) is 4.14. The maximum absolute atomic E-state index is 13.1. The minimum atomic E-state index is -4.58. The first-order valence-electron chi connectivity index (χ1n) is 8.13. The molecular weight excluding hydrogens is 361 g/mol. The summed E-state index contributed by atoms with van der Waals surface area (Å²) in [6.07, 6.45) is -1.36. The van der Waals surface area contributed by atoms with Crippen molar-refractivity contribution in [1.82, 2.24) is 20.0 Å². The van der Waals surface area contributed by atoms with Crippen LogP contribution in [0.5, 0.6) is 0 Å². The molecule has 1 aromatic carbocycles. The van der Waals surface area contributed by atoms with E-state index >= 15 is 0 Å². The zero-order valence-electron chi connectivity index (χ0n) is 13.8. The van der Waals surface area contributed by atoms with Crippen molar-refractivity contribution in [3.05, 3.63) is 65.8 Å². The second kappa shape index (κ2) is 6.49. The van der Waals surface area contributed by atoms with Crippen molar-refractivity contribution in [2.75, 3.05) is 13.1 Å². The normalized spacial score (nSPS) is 14.9. The minimum absolute atomic E-state index is 0.204. The first-order valence-corrected chi connectivity index (χ1v) is 8.13. The van der Waals surface area contributed by atoms with Crippen molar-refractivity contribution < 1.29 is 22.5 Å². The van der Waals surface area contributed by atoms with Gasteiger partial charge in [0.1, 0.15) is 0 Å². The molecule has 0 atom stereocenters. The quantitative estimate of drug-likeness (QED) is 0.703. The summed E-state index contributed by atoms with van der Waals surface area (Å²) >= 11 is 0. The van der Waals surface area contributed by atoms with E-state index in [1.54, 1.807) is 24.5 Å². The molecule has 0 radical (unpaired) electrons. The molecule has 0 unspecified atom stereocenters. The Labute approximate surface area is 151 Å². The molecular formula is C18H13F3N4O2. The van der Waals surface area contributed by atoms with Crippen molar-refractivity contribution in [3.8, 4) is 11.4 Å². The SMILES string of the molecule is O=C(c1ccccc1C(F)(F)F)N1CC(c2nc(-c3cccnc3)no2)C1. The summed E-state index contributed by atoms with van der Waals surface area (Å²) in [4.78, 5) is 22.1. The smallest absolute Gasteiger partial charge is 0.339 e. The number of hydrogen-bond acceptors (Lipinski definition) is 5. The van der Waals surface area contributed by atoms with Gasteiger partial charge in [0, 0.05) is 31.0 Å². The van der Waals surface area contributed by atoms with Crippen LogP contribution >= 0.6 is 0 Å². The fourth-order valence-electron chi connectivity index (χ4n) is 2.90. The summed E-state index contributed by atoms with van der Waals surface area (Å²) in [7, 11) is 0. The highest BCUT2D eigenvalue weighted by Crippen LogP contribution is 2.34. The molecule has 1 aliphatic heterocycles. The lowest BCUT2D eigenvalue weighted by molar-refractivity contribution is -0.138. The number of pyridine rings is 1. The second-order valence-corrected chi connectivity index (χ2v) is 6.15. The number of rotatable bonds is 3. The van der Waals surface area contributed by atoms with Crippen LogP contribution in [0.1, 0.15) is 27.7 Å². The molecule has 1 amide bonds. The molecule has 0 saturated carbocycles. The van der Waals surface area contributed by atoms with E-state index in [-0.39, 0.29) is 24.6 Å². The van der Waals surface area contributed by atoms with Gasteiger partial charge in [0.2, 0.25) is 11.7 Å². The van der Waals surface area contributed by atoms with Gasteiger partial charge in [-0.15, -0.1) is 0 Å². The van der Waals surface area contributed by atoms with E-state index in [1.807, 2.05) is 0 Å². The van der Waals surface area contributed by atoms with Gasteiger partial charge in [0.15, 0.2) is 0 Å². The third-order valence-electron chi connectivity index (χ3n) is 4.34. The zero-order valence-corrected chi connectivity index (χ0v) is 13.8. The molecule has 0 aliphatic carbocycles.